The third kappa shape index (κ3) is 5.58. The molecule has 0 amide bonds. The van der Waals surface area contributed by atoms with Crippen molar-refractivity contribution in [2.24, 2.45) is 0 Å². The van der Waals surface area contributed by atoms with Crippen LogP contribution >= 0.6 is 0 Å². The van der Waals surface area contributed by atoms with Gasteiger partial charge in [0.25, 0.3) is 0 Å². The van der Waals surface area contributed by atoms with E-state index in [-0.39, 0.29) is 11.1 Å². The molecule has 0 fully saturated rings. The number of esters is 2. The first-order chi connectivity index (χ1) is 10.4. The second kappa shape index (κ2) is 8.36. The lowest BCUT2D eigenvalue weighted by atomic mass is 10.1. The number of carboxylic acid groups (broad SMARTS) is 1. The van der Waals surface area contributed by atoms with Crippen molar-refractivity contribution in [3.8, 4) is 0 Å². The monoisotopic (exact) mass is 300 g/mol. The van der Waals surface area contributed by atoms with Gasteiger partial charge in [-0.05, 0) is 25.5 Å². The summed E-state index contributed by atoms with van der Waals surface area (Å²) in [4.78, 5) is 34.1. The third-order valence-electron chi connectivity index (χ3n) is 2.72. The maximum absolute atomic E-state index is 11.6. The Morgan fingerprint density at radius 2 is 1.77 bits per heavy atom. The Bertz CT molecular complexity index is 651. The molecule has 0 atom stereocenters. The maximum atomic E-state index is 11.6. The number of benzene rings is 1. The Morgan fingerprint density at radius 3 is 2.32 bits per heavy atom. The standard InChI is InChI=1S/C17H16O5/c1-3-12(2)17(21)22-15(18)11-14(16(19)20)10-9-13-7-5-4-6-8-13/h3-11H,1-2H3,(H,19,20)/b10-9?,12-3?,14-11-. The largest absolute Gasteiger partial charge is 0.478 e. The van der Waals surface area contributed by atoms with Crippen LogP contribution in [0.15, 0.2) is 59.7 Å². The van der Waals surface area contributed by atoms with Crippen molar-refractivity contribution in [2.45, 2.75) is 13.8 Å². The summed E-state index contributed by atoms with van der Waals surface area (Å²) in [6.45, 7) is 3.12. The summed E-state index contributed by atoms with van der Waals surface area (Å²) in [6, 6.07) is 9.01. The lowest BCUT2D eigenvalue weighted by Gasteiger charge is -2.00. The molecule has 0 spiro atoms. The van der Waals surface area contributed by atoms with Crippen LogP contribution in [0.25, 0.3) is 6.08 Å². The zero-order chi connectivity index (χ0) is 16.5. The van der Waals surface area contributed by atoms with Crippen LogP contribution in [0.2, 0.25) is 0 Å². The Morgan fingerprint density at radius 1 is 1.14 bits per heavy atom. The van der Waals surface area contributed by atoms with E-state index in [2.05, 4.69) is 4.74 Å². The molecule has 0 unspecified atom stereocenters. The Balaban J connectivity index is 2.87. The van der Waals surface area contributed by atoms with E-state index in [9.17, 15) is 14.4 Å². The van der Waals surface area contributed by atoms with E-state index in [1.165, 1.54) is 19.1 Å². The normalized spacial score (nSPS) is 12.3. The van der Waals surface area contributed by atoms with Crippen LogP contribution in [0.3, 0.4) is 0 Å². The molecule has 1 aromatic rings. The number of rotatable bonds is 5. The van der Waals surface area contributed by atoms with Gasteiger partial charge in [-0.15, -0.1) is 0 Å². The van der Waals surface area contributed by atoms with Gasteiger partial charge >= 0.3 is 17.9 Å². The van der Waals surface area contributed by atoms with E-state index < -0.39 is 17.9 Å². The number of carbonyl (C=O) groups excluding carboxylic acids is 2. The van der Waals surface area contributed by atoms with Crippen LogP contribution in [-0.2, 0) is 19.1 Å². The van der Waals surface area contributed by atoms with Crippen LogP contribution in [-0.4, -0.2) is 23.0 Å². The highest BCUT2D eigenvalue weighted by Crippen LogP contribution is 2.06. The number of aliphatic carboxylic acids is 1. The molecule has 1 aromatic carbocycles. The predicted molar refractivity (Wildman–Crippen MR) is 81.7 cm³/mol. The van der Waals surface area contributed by atoms with Crippen LogP contribution in [0.4, 0.5) is 0 Å². The molecule has 0 bridgehead atoms. The van der Waals surface area contributed by atoms with Gasteiger partial charge in [0.2, 0.25) is 0 Å². The first kappa shape index (κ1) is 17.1. The molecule has 0 aliphatic rings. The van der Waals surface area contributed by atoms with Crippen molar-refractivity contribution >= 4 is 24.0 Å². The summed E-state index contributed by atoms with van der Waals surface area (Å²) in [5.41, 5.74) is 0.766. The molecule has 22 heavy (non-hydrogen) atoms. The van der Waals surface area contributed by atoms with Gasteiger partial charge in [-0.3, -0.25) is 0 Å². The number of hydrogen-bond acceptors (Lipinski definition) is 4. The molecule has 0 aromatic heterocycles. The fourth-order valence-corrected chi connectivity index (χ4v) is 1.38. The Kier molecular flexibility index (Phi) is 6.50. The average Bonchev–Trinajstić information content (AvgIpc) is 2.51. The van der Waals surface area contributed by atoms with E-state index in [1.54, 1.807) is 37.3 Å². The zero-order valence-electron chi connectivity index (χ0n) is 12.3. The molecule has 0 aliphatic carbocycles. The van der Waals surface area contributed by atoms with Gasteiger partial charge in [-0.1, -0.05) is 42.5 Å². The van der Waals surface area contributed by atoms with E-state index in [0.29, 0.717) is 0 Å². The highest BCUT2D eigenvalue weighted by Gasteiger charge is 2.12. The lowest BCUT2D eigenvalue weighted by molar-refractivity contribution is -0.153. The third-order valence-corrected chi connectivity index (χ3v) is 2.72. The van der Waals surface area contributed by atoms with Crippen molar-refractivity contribution in [1.82, 2.24) is 0 Å². The van der Waals surface area contributed by atoms with Crippen LogP contribution < -0.4 is 0 Å². The summed E-state index contributed by atoms with van der Waals surface area (Å²) in [6.07, 6.45) is 5.08. The predicted octanol–water partition coefficient (Wildman–Crippen LogP) is 2.75. The number of ether oxygens (including phenoxy) is 1. The number of hydrogen-bond donors (Lipinski definition) is 1. The van der Waals surface area contributed by atoms with Crippen LogP contribution in [0, 0.1) is 0 Å². The van der Waals surface area contributed by atoms with Crippen LogP contribution in [0.5, 0.6) is 0 Å². The number of carboxylic acids is 1. The quantitative estimate of drug-likeness (QED) is 0.391. The molecule has 0 radical (unpaired) electrons. The fraction of sp³-hybridized carbons (Fsp3) is 0.118. The summed E-state index contributed by atoms with van der Waals surface area (Å²) in [5, 5.41) is 9.07. The molecule has 1 rings (SSSR count). The van der Waals surface area contributed by atoms with Gasteiger partial charge in [0.15, 0.2) is 0 Å². The summed E-state index contributed by atoms with van der Waals surface area (Å²) < 4.78 is 4.52. The highest BCUT2D eigenvalue weighted by atomic mass is 16.6. The van der Waals surface area contributed by atoms with Gasteiger partial charge < -0.3 is 9.84 Å². The SMILES string of the molecule is CC=C(C)C(=O)OC(=O)/C=C(/C=Cc1ccccc1)C(=O)O. The molecular weight excluding hydrogens is 284 g/mol. The number of carbonyl (C=O) groups is 3. The molecule has 5 nitrogen and oxygen atoms in total. The summed E-state index contributed by atoms with van der Waals surface area (Å²) in [7, 11) is 0. The van der Waals surface area contributed by atoms with Crippen molar-refractivity contribution in [1.29, 1.82) is 0 Å². The van der Waals surface area contributed by atoms with Crippen molar-refractivity contribution < 1.29 is 24.2 Å². The minimum Gasteiger partial charge on any atom is -0.478 e. The molecule has 5 heteroatoms. The average molecular weight is 300 g/mol. The minimum atomic E-state index is -1.29. The van der Waals surface area contributed by atoms with E-state index in [4.69, 9.17) is 5.11 Å². The Hall–Kier alpha value is -2.95. The highest BCUT2D eigenvalue weighted by molar-refractivity contribution is 6.03. The maximum Gasteiger partial charge on any atom is 0.341 e. The molecule has 114 valence electrons. The number of allylic oxidation sites excluding steroid dienone is 1. The minimum absolute atomic E-state index is 0.262. The van der Waals surface area contributed by atoms with Gasteiger partial charge in [0.1, 0.15) is 0 Å². The molecule has 0 saturated heterocycles. The summed E-state index contributed by atoms with van der Waals surface area (Å²) >= 11 is 0. The summed E-state index contributed by atoms with van der Waals surface area (Å²) in [5.74, 6) is -3.12. The lowest BCUT2D eigenvalue weighted by Crippen LogP contribution is -2.12. The first-order valence-electron chi connectivity index (χ1n) is 6.51. The topological polar surface area (TPSA) is 80.7 Å². The zero-order valence-corrected chi connectivity index (χ0v) is 12.3. The second-order valence-corrected chi connectivity index (χ2v) is 4.33. The smallest absolute Gasteiger partial charge is 0.341 e. The molecule has 0 saturated carbocycles. The van der Waals surface area contributed by atoms with E-state index in [1.807, 2.05) is 6.07 Å². The van der Waals surface area contributed by atoms with Gasteiger partial charge in [0.05, 0.1) is 5.57 Å². The van der Waals surface area contributed by atoms with E-state index >= 15 is 0 Å². The van der Waals surface area contributed by atoms with Crippen LogP contribution in [0.1, 0.15) is 19.4 Å². The molecule has 1 N–H and O–H groups in total. The van der Waals surface area contributed by atoms with Gasteiger partial charge in [0, 0.05) is 11.6 Å². The van der Waals surface area contributed by atoms with Gasteiger partial charge in [-0.25, -0.2) is 14.4 Å². The first-order valence-corrected chi connectivity index (χ1v) is 6.51. The second-order valence-electron chi connectivity index (χ2n) is 4.33. The fourth-order valence-electron chi connectivity index (χ4n) is 1.38. The van der Waals surface area contributed by atoms with Gasteiger partial charge in [-0.2, -0.15) is 0 Å². The van der Waals surface area contributed by atoms with Crippen molar-refractivity contribution in [2.75, 3.05) is 0 Å². The molecule has 0 aliphatic heterocycles. The Labute approximate surface area is 128 Å². The molecule has 0 heterocycles. The van der Waals surface area contributed by atoms with E-state index in [0.717, 1.165) is 11.6 Å². The van der Waals surface area contributed by atoms with Crippen molar-refractivity contribution in [3.63, 3.8) is 0 Å². The molecular formula is C17H16O5. The van der Waals surface area contributed by atoms with Crippen molar-refractivity contribution in [3.05, 3.63) is 65.3 Å².